The molecular formula is C53H39Cl4N5O9. The van der Waals surface area contributed by atoms with Gasteiger partial charge < -0.3 is 33.2 Å². The predicted molar refractivity (Wildman–Crippen MR) is 259 cm³/mol. The standard InChI is InChI=1S/C53H39Cl4N5O9/c1-65-27-16-14-26(15-17-27)62-44(63)46-40-32-33(49(55)37-36(48(32,54)52(49,66-2)67-3)58-28-18-22-10-6-7-11-23(22)19-29(28)59-37)41(70-40)47(46,45(62)64)43-35-34(42(46)71-43)50(56)38-39(51(35,57)53(50,68-4)69-5)61-31-21-25-13-9-8-12-24(25)20-30(31)60-38/h6-21,32-35,40-43H,1-5H3/t32-,33+,34+,35-,40-,41+,42+,43-,46?,47?,48+,49-,50-,51+. The average molecular weight is 1030 g/mol. The van der Waals surface area contributed by atoms with Gasteiger partial charge in [-0.3, -0.25) is 9.59 Å². The molecule has 358 valence electrons. The third-order valence-corrected chi connectivity index (χ3v) is 21.7. The Morgan fingerprint density at radius 3 is 1.03 bits per heavy atom. The molecule has 14 nitrogen and oxygen atoms in total. The first kappa shape index (κ1) is 42.6. The minimum absolute atomic E-state index is 0.333. The van der Waals surface area contributed by atoms with Gasteiger partial charge >= 0.3 is 0 Å². The second-order valence-electron chi connectivity index (χ2n) is 20.6. The fourth-order valence-corrected chi connectivity index (χ4v) is 19.7. The molecule has 2 amide bonds. The van der Waals surface area contributed by atoms with Crippen molar-refractivity contribution in [3.05, 3.63) is 120 Å². The summed E-state index contributed by atoms with van der Waals surface area (Å²) in [6, 6.07) is 30.5. The third kappa shape index (κ3) is 3.78. The lowest BCUT2D eigenvalue weighted by molar-refractivity contribution is -0.248. The summed E-state index contributed by atoms with van der Waals surface area (Å²) in [6.07, 6.45) is -4.68. The number of fused-ring (bicyclic) bond motifs is 28. The number of methoxy groups -OCH3 is 5. The summed E-state index contributed by atoms with van der Waals surface area (Å²) >= 11 is 33.6. The predicted octanol–water partition coefficient (Wildman–Crippen LogP) is 7.93. The Bertz CT molecular complexity index is 3300. The van der Waals surface area contributed by atoms with E-state index in [0.717, 1.165) is 21.5 Å². The van der Waals surface area contributed by atoms with Gasteiger partial charge in [-0.25, -0.2) is 24.8 Å². The molecular weight excluding hydrogens is 992 g/mol. The Hall–Kier alpha value is -4.84. The number of hydrogen-bond acceptors (Lipinski definition) is 13. The van der Waals surface area contributed by atoms with Crippen molar-refractivity contribution in [1.82, 2.24) is 19.9 Å². The molecule has 18 heteroatoms. The minimum Gasteiger partial charge on any atom is -0.497 e. The van der Waals surface area contributed by atoms with Gasteiger partial charge in [-0.15, -0.1) is 46.4 Å². The zero-order valence-electron chi connectivity index (χ0n) is 38.3. The van der Waals surface area contributed by atoms with Crippen molar-refractivity contribution in [3.8, 4) is 5.75 Å². The number of aromatic nitrogens is 4. The van der Waals surface area contributed by atoms with Crippen LogP contribution in [0.2, 0.25) is 0 Å². The molecule has 9 aliphatic rings. The maximum atomic E-state index is 16.6. The number of carbonyl (C=O) groups is 2. The lowest BCUT2D eigenvalue weighted by Gasteiger charge is -2.54. The number of imide groups is 1. The van der Waals surface area contributed by atoms with Gasteiger partial charge in [-0.1, -0.05) is 48.5 Å². The van der Waals surface area contributed by atoms with Crippen molar-refractivity contribution in [2.45, 2.75) is 55.5 Å². The molecule has 14 atom stereocenters. The number of halogens is 4. The summed E-state index contributed by atoms with van der Waals surface area (Å²) in [5.41, 5.74) is 0.322. The van der Waals surface area contributed by atoms with Crippen LogP contribution in [0.4, 0.5) is 5.69 Å². The molecule has 5 aromatic carbocycles. The molecule has 7 fully saturated rings. The second-order valence-corrected chi connectivity index (χ2v) is 22.9. The largest absolute Gasteiger partial charge is 0.497 e. The quantitative estimate of drug-likeness (QED) is 0.0687. The van der Waals surface area contributed by atoms with Crippen LogP contribution in [0.15, 0.2) is 97.1 Å². The van der Waals surface area contributed by atoms with Crippen LogP contribution in [0, 0.1) is 34.5 Å². The van der Waals surface area contributed by atoms with E-state index in [9.17, 15) is 0 Å². The fourth-order valence-electron chi connectivity index (χ4n) is 16.8. The first-order valence-electron chi connectivity index (χ1n) is 23.5. The first-order chi connectivity index (χ1) is 34.2. The Balaban J connectivity index is 0.971. The zero-order valence-corrected chi connectivity index (χ0v) is 41.3. The zero-order chi connectivity index (χ0) is 48.5. The number of anilines is 1. The van der Waals surface area contributed by atoms with Crippen LogP contribution in [0.3, 0.4) is 0 Å². The number of benzene rings is 5. The molecule has 5 aliphatic heterocycles. The van der Waals surface area contributed by atoms with Crippen LogP contribution in [0.5, 0.6) is 5.75 Å². The fraction of sp³-hybridized carbons (Fsp3) is 0.396. The number of amides is 2. The van der Waals surface area contributed by atoms with E-state index in [0.29, 0.717) is 56.3 Å². The second kappa shape index (κ2) is 12.7. The highest BCUT2D eigenvalue weighted by Gasteiger charge is 3.06. The first-order valence-corrected chi connectivity index (χ1v) is 25.0. The SMILES string of the molecule is COc1ccc(N2C(=O)C34[C@@H]5O[C@@H]([C@@H]6[C@H]5[C@]5(Cl)c7nc8cc9ccccc9cc8nc7[C@@]6(Cl)C5(OC)OC)C3(C2=O)[C@@H]2O[C@H]4[C@@H]3[C@H]2[C@]2(Cl)c4nc5cc6ccccc6cc5nc4[C@@]3(Cl)C2(OC)OC)cc1. The number of nitrogens with zero attached hydrogens (tertiary/aromatic N) is 5. The molecule has 5 saturated heterocycles. The van der Waals surface area contributed by atoms with Gasteiger partial charge in [0.1, 0.15) is 36.1 Å². The van der Waals surface area contributed by atoms with Crippen molar-refractivity contribution in [3.63, 3.8) is 0 Å². The van der Waals surface area contributed by atoms with Crippen LogP contribution in [-0.2, 0) is 57.5 Å². The van der Waals surface area contributed by atoms with Crippen molar-refractivity contribution < 1.29 is 42.7 Å². The van der Waals surface area contributed by atoms with Gasteiger partial charge in [0, 0.05) is 52.1 Å². The lowest BCUT2D eigenvalue weighted by Crippen LogP contribution is -2.70. The van der Waals surface area contributed by atoms with E-state index in [4.69, 9.17) is 99.5 Å². The summed E-state index contributed by atoms with van der Waals surface area (Å²) in [5, 5.41) is 3.80. The Morgan fingerprint density at radius 2 is 0.761 bits per heavy atom. The van der Waals surface area contributed by atoms with E-state index in [1.54, 1.807) is 31.4 Å². The van der Waals surface area contributed by atoms with Crippen LogP contribution in [-0.4, -0.2) is 103 Å². The number of ether oxygens (including phenoxy) is 7. The van der Waals surface area contributed by atoms with Crippen molar-refractivity contribution in [2.24, 2.45) is 34.5 Å². The number of rotatable bonds is 6. The number of alkyl halides is 4. The summed E-state index contributed by atoms with van der Waals surface area (Å²) in [6.45, 7) is 0. The molecule has 4 aliphatic carbocycles. The number of carbonyl (C=O) groups excluding carboxylic acids is 2. The number of hydrogen-bond donors (Lipinski definition) is 0. The summed E-state index contributed by atoms with van der Waals surface area (Å²) in [5.74, 6) is -7.78. The van der Waals surface area contributed by atoms with Gasteiger partial charge in [0.15, 0.2) is 0 Å². The monoisotopic (exact) mass is 1030 g/mol. The van der Waals surface area contributed by atoms with E-state index in [1.807, 2.05) is 72.8 Å². The maximum absolute atomic E-state index is 16.6. The van der Waals surface area contributed by atoms with Gasteiger partial charge in [0.2, 0.25) is 23.4 Å². The van der Waals surface area contributed by atoms with E-state index < -0.39 is 102 Å². The van der Waals surface area contributed by atoms with E-state index >= 15 is 9.59 Å². The molecule has 71 heavy (non-hydrogen) atoms. The minimum atomic E-state index is -1.84. The molecule has 2 unspecified atom stereocenters. The normalized spacial score (nSPS) is 40.3. The lowest BCUT2D eigenvalue weighted by atomic mass is 9.42. The van der Waals surface area contributed by atoms with E-state index in [2.05, 4.69) is 0 Å². The molecule has 2 aromatic heterocycles. The van der Waals surface area contributed by atoms with Crippen LogP contribution in [0.25, 0.3) is 43.6 Å². The van der Waals surface area contributed by atoms with E-state index in [1.165, 1.54) is 33.3 Å². The van der Waals surface area contributed by atoms with Crippen LogP contribution >= 0.6 is 46.4 Å². The highest BCUT2D eigenvalue weighted by Crippen LogP contribution is 2.92. The topological polar surface area (TPSA) is 154 Å². The van der Waals surface area contributed by atoms with Gasteiger partial charge in [-0.2, -0.15) is 0 Å². The molecule has 7 aromatic rings. The molecule has 16 rings (SSSR count). The van der Waals surface area contributed by atoms with Crippen molar-refractivity contribution in [1.29, 1.82) is 0 Å². The average Bonchev–Trinajstić information content (AvgIpc) is 4.32. The molecule has 0 radical (unpaired) electrons. The third-order valence-electron chi connectivity index (χ3n) is 18.9. The Morgan fingerprint density at radius 1 is 0.465 bits per heavy atom. The van der Waals surface area contributed by atoms with Crippen LogP contribution in [0.1, 0.15) is 22.8 Å². The van der Waals surface area contributed by atoms with Crippen LogP contribution < -0.4 is 9.64 Å². The molecule has 2 saturated carbocycles. The summed E-state index contributed by atoms with van der Waals surface area (Å²) < 4.78 is 46.5. The van der Waals surface area contributed by atoms with E-state index in [-0.39, 0.29) is 0 Å². The smallest absolute Gasteiger partial charge is 0.246 e. The highest BCUT2D eigenvalue weighted by atomic mass is 35.5. The molecule has 0 N–H and O–H groups in total. The van der Waals surface area contributed by atoms with Gasteiger partial charge in [0.05, 0.1) is 82.1 Å². The van der Waals surface area contributed by atoms with Crippen molar-refractivity contribution >= 4 is 108 Å². The molecule has 8 bridgehead atoms. The highest BCUT2D eigenvalue weighted by molar-refractivity contribution is 6.35. The maximum Gasteiger partial charge on any atom is 0.246 e. The Labute approximate surface area is 424 Å². The van der Waals surface area contributed by atoms with Gasteiger partial charge in [0.25, 0.3) is 0 Å². The molecule has 7 heterocycles. The van der Waals surface area contributed by atoms with Gasteiger partial charge in [-0.05, 0) is 70.1 Å². The summed E-state index contributed by atoms with van der Waals surface area (Å²) in [7, 11) is 7.51. The Kier molecular flexibility index (Phi) is 7.65. The van der Waals surface area contributed by atoms with Crippen molar-refractivity contribution in [2.75, 3.05) is 40.4 Å². The summed E-state index contributed by atoms with van der Waals surface area (Å²) in [4.78, 5) is 48.5. The molecule has 0 spiro atoms.